The van der Waals surface area contributed by atoms with Crippen molar-refractivity contribution in [1.29, 1.82) is 0 Å². The van der Waals surface area contributed by atoms with Gasteiger partial charge < -0.3 is 5.32 Å². The van der Waals surface area contributed by atoms with Crippen LogP contribution in [0.1, 0.15) is 57.8 Å². The average Bonchev–Trinajstić information content (AvgIpc) is 2.42. The number of rotatable bonds is 8. The van der Waals surface area contributed by atoms with Crippen molar-refractivity contribution >= 4 is 5.91 Å². The van der Waals surface area contributed by atoms with E-state index >= 15 is 0 Å². The Balaban J connectivity index is 2.47. The minimum atomic E-state index is 0.0972. The van der Waals surface area contributed by atoms with Crippen molar-refractivity contribution in [2.45, 2.75) is 59.9 Å². The van der Waals surface area contributed by atoms with Crippen molar-refractivity contribution < 1.29 is 4.79 Å². The van der Waals surface area contributed by atoms with E-state index in [1.807, 2.05) is 6.92 Å². The molecule has 0 aliphatic rings. The predicted molar refractivity (Wildman–Crippen MR) is 81.1 cm³/mol. The molecule has 0 aliphatic carbocycles. The first-order valence-electron chi connectivity index (χ1n) is 7.59. The van der Waals surface area contributed by atoms with Crippen LogP contribution in [0.15, 0.2) is 12.4 Å². The van der Waals surface area contributed by atoms with Gasteiger partial charge in [0, 0.05) is 12.1 Å². The molecule has 1 aromatic heterocycles. The second kappa shape index (κ2) is 8.67. The van der Waals surface area contributed by atoms with Gasteiger partial charge in [0.2, 0.25) is 5.91 Å². The number of carbonyl (C=O) groups excluding carboxylic acids is 1. The average molecular weight is 277 g/mol. The second-order valence-electron chi connectivity index (χ2n) is 5.71. The molecule has 0 saturated carbocycles. The van der Waals surface area contributed by atoms with E-state index in [2.05, 4.69) is 36.1 Å². The van der Waals surface area contributed by atoms with Crippen LogP contribution in [0.25, 0.3) is 0 Å². The fraction of sp³-hybridized carbons (Fsp3) is 0.688. The molecule has 4 heteroatoms. The van der Waals surface area contributed by atoms with Crippen molar-refractivity contribution in [3.63, 3.8) is 0 Å². The summed E-state index contributed by atoms with van der Waals surface area (Å²) >= 11 is 0. The maximum absolute atomic E-state index is 12.3. The quantitative estimate of drug-likeness (QED) is 0.742. The molecule has 1 atom stereocenters. The second-order valence-corrected chi connectivity index (χ2v) is 5.71. The van der Waals surface area contributed by atoms with Gasteiger partial charge in [0.25, 0.3) is 0 Å². The fourth-order valence-corrected chi connectivity index (χ4v) is 2.20. The summed E-state index contributed by atoms with van der Waals surface area (Å²) in [6.45, 7) is 8.77. The number of aromatic nitrogens is 2. The van der Waals surface area contributed by atoms with Gasteiger partial charge in [-0.1, -0.05) is 40.0 Å². The van der Waals surface area contributed by atoms with E-state index < -0.39 is 0 Å². The van der Waals surface area contributed by atoms with Gasteiger partial charge in [-0.3, -0.25) is 14.8 Å². The van der Waals surface area contributed by atoms with Crippen LogP contribution in [0.3, 0.4) is 0 Å². The third kappa shape index (κ3) is 5.68. The minimum Gasteiger partial charge on any atom is -0.350 e. The zero-order valence-electron chi connectivity index (χ0n) is 13.1. The van der Waals surface area contributed by atoms with Crippen molar-refractivity contribution in [3.8, 4) is 0 Å². The van der Waals surface area contributed by atoms with E-state index in [1.54, 1.807) is 12.4 Å². The molecule has 1 amide bonds. The Bertz CT molecular complexity index is 401. The monoisotopic (exact) mass is 277 g/mol. The number of aryl methyl sites for hydroxylation is 1. The SMILES string of the molecule is CCCCCC(C(=O)NCc1cnc(C)cn1)C(C)C. The zero-order valence-corrected chi connectivity index (χ0v) is 13.1. The van der Waals surface area contributed by atoms with E-state index in [0.29, 0.717) is 12.5 Å². The summed E-state index contributed by atoms with van der Waals surface area (Å²) in [5.41, 5.74) is 1.69. The van der Waals surface area contributed by atoms with Crippen molar-refractivity contribution in [1.82, 2.24) is 15.3 Å². The summed E-state index contributed by atoms with van der Waals surface area (Å²) in [4.78, 5) is 20.7. The lowest BCUT2D eigenvalue weighted by Crippen LogP contribution is -2.33. The predicted octanol–water partition coefficient (Wildman–Crippen LogP) is 3.25. The third-order valence-corrected chi connectivity index (χ3v) is 3.54. The van der Waals surface area contributed by atoms with Gasteiger partial charge in [0.05, 0.1) is 24.1 Å². The Morgan fingerprint density at radius 1 is 1.25 bits per heavy atom. The zero-order chi connectivity index (χ0) is 15.0. The van der Waals surface area contributed by atoms with E-state index in [4.69, 9.17) is 0 Å². The van der Waals surface area contributed by atoms with E-state index in [1.165, 1.54) is 12.8 Å². The number of carbonyl (C=O) groups is 1. The maximum Gasteiger partial charge on any atom is 0.223 e. The third-order valence-electron chi connectivity index (χ3n) is 3.54. The van der Waals surface area contributed by atoms with Crippen molar-refractivity contribution in [2.24, 2.45) is 11.8 Å². The molecule has 1 N–H and O–H groups in total. The Morgan fingerprint density at radius 2 is 2.00 bits per heavy atom. The summed E-state index contributed by atoms with van der Waals surface area (Å²) < 4.78 is 0. The molecular formula is C16H27N3O. The molecule has 20 heavy (non-hydrogen) atoms. The van der Waals surface area contributed by atoms with Gasteiger partial charge in [-0.05, 0) is 19.3 Å². The highest BCUT2D eigenvalue weighted by molar-refractivity contribution is 5.78. The first kappa shape index (κ1) is 16.6. The highest BCUT2D eigenvalue weighted by atomic mass is 16.1. The molecule has 0 saturated heterocycles. The van der Waals surface area contributed by atoms with Crippen molar-refractivity contribution in [2.75, 3.05) is 0 Å². The normalized spacial score (nSPS) is 12.4. The number of hydrogen-bond acceptors (Lipinski definition) is 3. The smallest absolute Gasteiger partial charge is 0.223 e. The van der Waals surface area contributed by atoms with Crippen LogP contribution in [0.4, 0.5) is 0 Å². The molecule has 1 rings (SSSR count). The molecule has 0 bridgehead atoms. The molecule has 112 valence electrons. The summed E-state index contributed by atoms with van der Waals surface area (Å²) in [6.07, 6.45) is 7.92. The lowest BCUT2D eigenvalue weighted by atomic mass is 9.89. The molecule has 1 heterocycles. The van der Waals surface area contributed by atoms with Crippen LogP contribution in [0, 0.1) is 18.8 Å². The van der Waals surface area contributed by atoms with E-state index in [0.717, 1.165) is 24.2 Å². The number of amides is 1. The van der Waals surface area contributed by atoms with Gasteiger partial charge >= 0.3 is 0 Å². The molecule has 0 radical (unpaired) electrons. The molecule has 1 unspecified atom stereocenters. The van der Waals surface area contributed by atoms with Crippen molar-refractivity contribution in [3.05, 3.63) is 23.8 Å². The highest BCUT2D eigenvalue weighted by Gasteiger charge is 2.21. The first-order valence-corrected chi connectivity index (χ1v) is 7.59. The number of hydrogen-bond donors (Lipinski definition) is 1. The number of nitrogens with zero attached hydrogens (tertiary/aromatic N) is 2. The van der Waals surface area contributed by atoms with E-state index in [-0.39, 0.29) is 11.8 Å². The molecule has 0 spiro atoms. The van der Waals surface area contributed by atoms with E-state index in [9.17, 15) is 4.79 Å². The van der Waals surface area contributed by atoms with Gasteiger partial charge in [-0.2, -0.15) is 0 Å². The Hall–Kier alpha value is -1.45. The Morgan fingerprint density at radius 3 is 2.55 bits per heavy atom. The first-order chi connectivity index (χ1) is 9.54. The minimum absolute atomic E-state index is 0.0972. The largest absolute Gasteiger partial charge is 0.350 e. The fourth-order valence-electron chi connectivity index (χ4n) is 2.20. The van der Waals surface area contributed by atoms with Gasteiger partial charge in [-0.25, -0.2) is 0 Å². The van der Waals surface area contributed by atoms with Crippen LogP contribution in [-0.2, 0) is 11.3 Å². The topological polar surface area (TPSA) is 54.9 Å². The number of unbranched alkanes of at least 4 members (excludes halogenated alkanes) is 2. The standard InChI is InChI=1S/C16H27N3O/c1-5-6-7-8-15(12(2)3)16(20)19-11-14-10-17-13(4)9-18-14/h9-10,12,15H,5-8,11H2,1-4H3,(H,19,20). The summed E-state index contributed by atoms with van der Waals surface area (Å²) in [7, 11) is 0. The summed E-state index contributed by atoms with van der Waals surface area (Å²) in [5.74, 6) is 0.606. The van der Waals surface area contributed by atoms with Crippen LogP contribution < -0.4 is 5.32 Å². The number of nitrogens with one attached hydrogen (secondary N) is 1. The molecule has 0 aromatic carbocycles. The Labute approximate surface area is 122 Å². The van der Waals surface area contributed by atoms with Gasteiger partial charge in [-0.15, -0.1) is 0 Å². The summed E-state index contributed by atoms with van der Waals surface area (Å²) in [6, 6.07) is 0. The maximum atomic E-state index is 12.3. The van der Waals surface area contributed by atoms with Crippen LogP contribution in [0.2, 0.25) is 0 Å². The molecule has 0 fully saturated rings. The Kier molecular flexibility index (Phi) is 7.20. The molecule has 1 aromatic rings. The molecule has 0 aliphatic heterocycles. The van der Waals surface area contributed by atoms with Crippen LogP contribution >= 0.6 is 0 Å². The highest BCUT2D eigenvalue weighted by Crippen LogP contribution is 2.19. The van der Waals surface area contributed by atoms with Gasteiger partial charge in [0.15, 0.2) is 0 Å². The molecular weight excluding hydrogens is 250 g/mol. The van der Waals surface area contributed by atoms with Crippen LogP contribution in [0.5, 0.6) is 0 Å². The lowest BCUT2D eigenvalue weighted by molar-refractivity contribution is -0.126. The van der Waals surface area contributed by atoms with Crippen LogP contribution in [-0.4, -0.2) is 15.9 Å². The van der Waals surface area contributed by atoms with Gasteiger partial charge in [0.1, 0.15) is 0 Å². The summed E-state index contributed by atoms with van der Waals surface area (Å²) in [5, 5.41) is 2.99. The molecule has 4 nitrogen and oxygen atoms in total. The lowest BCUT2D eigenvalue weighted by Gasteiger charge is -2.20.